The predicted molar refractivity (Wildman–Crippen MR) is 249 cm³/mol. The van der Waals surface area contributed by atoms with Gasteiger partial charge in [0, 0.05) is 72.0 Å². The Labute approximate surface area is 403 Å². The molecule has 1 saturated carbocycles. The van der Waals surface area contributed by atoms with Crippen molar-refractivity contribution in [1.82, 2.24) is 34.9 Å². The summed E-state index contributed by atoms with van der Waals surface area (Å²) in [5.74, 6) is 3.74. The standard InChI is InChI=1S/C51H56F3N9O7/c1-49(2)38(50(3,4)47(49)70-41-20-18-39-57-58-48(51(52,53)54)63(39)59-41)10-6-9-37(64)32-15-13-30(14-16-32)11-12-31-21-25-60(26-22-31)33-23-27-61(28-24-33)42(66)29-55-35-8-5-7-34-43(35)46(69)62(45(34)68)36-17-19-40(65)56-44(36)67/h5-9,13-16,31,33,36,38,47,55H,10,17-29H2,1-4H3,(H,56,65,67)/b9-6+/t36?,38-,47-. The number of hydrogen-bond donors (Lipinski definition) is 2. The number of hydrogen-bond acceptors (Lipinski definition) is 12. The van der Waals surface area contributed by atoms with Crippen LogP contribution in [0.15, 0.2) is 59.7 Å². The third-order valence-electron chi connectivity index (χ3n) is 15.1. The van der Waals surface area contributed by atoms with Crippen molar-refractivity contribution in [3.63, 3.8) is 0 Å². The summed E-state index contributed by atoms with van der Waals surface area (Å²) < 4.78 is 47.4. The number of imide groups is 2. The first-order valence-electron chi connectivity index (χ1n) is 24.0. The van der Waals surface area contributed by atoms with E-state index in [9.17, 15) is 41.9 Å². The molecule has 368 valence electrons. The van der Waals surface area contributed by atoms with Gasteiger partial charge in [0.05, 0.1) is 17.7 Å². The van der Waals surface area contributed by atoms with Gasteiger partial charge in [0.25, 0.3) is 17.6 Å². The van der Waals surface area contributed by atoms with Crippen LogP contribution in [0.25, 0.3) is 0 Å². The average molecular weight is 964 g/mol. The second kappa shape index (κ2) is 18.9. The summed E-state index contributed by atoms with van der Waals surface area (Å²) in [7, 11) is 0. The van der Waals surface area contributed by atoms with Gasteiger partial charge in [-0.05, 0) is 100 Å². The number of benzene rings is 2. The molecule has 0 spiro atoms. The van der Waals surface area contributed by atoms with E-state index in [4.69, 9.17) is 4.74 Å². The highest BCUT2D eigenvalue weighted by atomic mass is 19.4. The Morgan fingerprint density at radius 3 is 2.29 bits per heavy atom. The number of nitrogens with zero attached hydrogens (tertiary/aromatic N) is 7. The van der Waals surface area contributed by atoms with E-state index < -0.39 is 41.7 Å². The molecular formula is C51H56F3N9O7. The molecule has 3 saturated heterocycles. The number of allylic oxidation sites excluding steroid dienone is 2. The van der Waals surface area contributed by atoms with Crippen molar-refractivity contribution < 1.29 is 46.7 Å². The number of anilines is 1. The molecule has 16 nitrogen and oxygen atoms in total. The van der Waals surface area contributed by atoms with E-state index in [2.05, 4.69) is 70.4 Å². The lowest BCUT2D eigenvalue weighted by molar-refractivity contribution is -0.203. The maximum atomic E-state index is 13.5. The minimum absolute atomic E-state index is 0.0274. The number of fused-ring (bicyclic) bond motifs is 2. The van der Waals surface area contributed by atoms with Crippen LogP contribution >= 0.6 is 0 Å². The Hall–Kier alpha value is -6.68. The van der Waals surface area contributed by atoms with Crippen molar-refractivity contribution in [2.45, 2.75) is 110 Å². The molecule has 1 atom stereocenters. The fraction of sp³-hybridized carbons (Fsp3) is 0.510. The molecule has 6 heterocycles. The molecule has 19 heteroatoms. The van der Waals surface area contributed by atoms with Crippen molar-refractivity contribution >= 4 is 46.9 Å². The van der Waals surface area contributed by atoms with Gasteiger partial charge in [0.1, 0.15) is 12.1 Å². The summed E-state index contributed by atoms with van der Waals surface area (Å²) in [5, 5.41) is 16.3. The van der Waals surface area contributed by atoms with Gasteiger partial charge in [0.2, 0.25) is 23.6 Å². The normalized spacial score (nSPS) is 23.8. The third-order valence-corrected chi connectivity index (χ3v) is 15.1. The number of aryl methyl sites for hydroxylation is 1. The van der Waals surface area contributed by atoms with E-state index >= 15 is 0 Å². The molecule has 0 bridgehead atoms. The highest BCUT2D eigenvalue weighted by Crippen LogP contribution is 2.62. The van der Waals surface area contributed by atoms with Gasteiger partial charge in [-0.15, -0.1) is 15.3 Å². The largest absolute Gasteiger partial charge is 0.475 e. The second-order valence-corrected chi connectivity index (χ2v) is 20.2. The van der Waals surface area contributed by atoms with Crippen LogP contribution in [-0.2, 0) is 31.7 Å². The number of likely N-dealkylation sites (tertiary alicyclic amines) is 2. The summed E-state index contributed by atoms with van der Waals surface area (Å²) in [6, 6.07) is 11.4. The highest BCUT2D eigenvalue weighted by molar-refractivity contribution is 6.25. The monoisotopic (exact) mass is 963 g/mol. The van der Waals surface area contributed by atoms with Crippen LogP contribution in [0, 0.1) is 34.5 Å². The van der Waals surface area contributed by atoms with Gasteiger partial charge in [-0.25, -0.2) is 0 Å². The number of carbonyl (C=O) groups is 6. The van der Waals surface area contributed by atoms with E-state index in [1.807, 2.05) is 23.1 Å². The summed E-state index contributed by atoms with van der Waals surface area (Å²) in [5.41, 5.74) is 1.32. The predicted octanol–water partition coefficient (Wildman–Crippen LogP) is 5.87. The lowest BCUT2D eigenvalue weighted by Crippen LogP contribution is -2.64. The van der Waals surface area contributed by atoms with Gasteiger partial charge in [-0.3, -0.25) is 39.0 Å². The van der Waals surface area contributed by atoms with Crippen molar-refractivity contribution in [2.75, 3.05) is 38.0 Å². The Balaban J connectivity index is 0.696. The van der Waals surface area contributed by atoms with Crippen molar-refractivity contribution in [2.24, 2.45) is 27.8 Å². The number of nitrogens with one attached hydrogen (secondary N) is 2. The first kappa shape index (κ1) is 48.3. The molecule has 0 radical (unpaired) electrons. The van der Waals surface area contributed by atoms with E-state index in [-0.39, 0.29) is 89.1 Å². The van der Waals surface area contributed by atoms with Crippen molar-refractivity contribution in [1.29, 1.82) is 0 Å². The number of alkyl halides is 3. The number of ketones is 1. The minimum Gasteiger partial charge on any atom is -0.475 e. The average Bonchev–Trinajstić information content (AvgIpc) is 3.88. The lowest BCUT2D eigenvalue weighted by Gasteiger charge is -2.63. The molecule has 1 unspecified atom stereocenters. The van der Waals surface area contributed by atoms with Crippen molar-refractivity contribution in [3.8, 4) is 11.8 Å². The van der Waals surface area contributed by atoms with Gasteiger partial charge < -0.3 is 19.9 Å². The summed E-state index contributed by atoms with van der Waals surface area (Å²) in [4.78, 5) is 82.5. The number of halogens is 3. The third kappa shape index (κ3) is 9.37. The van der Waals surface area contributed by atoms with Crippen LogP contribution in [0.2, 0.25) is 0 Å². The molecule has 6 aliphatic rings. The maximum Gasteiger partial charge on any atom is 0.453 e. The Bertz CT molecular complexity index is 2720. The van der Waals surface area contributed by atoms with E-state index in [0.29, 0.717) is 43.2 Å². The Morgan fingerprint density at radius 1 is 0.886 bits per heavy atom. The van der Waals surface area contributed by atoms with Crippen LogP contribution in [0.5, 0.6) is 0 Å². The molecule has 1 aliphatic carbocycles. The molecule has 5 amide bonds. The van der Waals surface area contributed by atoms with E-state index in [1.54, 1.807) is 30.3 Å². The Morgan fingerprint density at radius 2 is 1.60 bits per heavy atom. The van der Waals surface area contributed by atoms with Crippen LogP contribution in [0.1, 0.15) is 127 Å². The molecule has 5 aliphatic heterocycles. The number of piperidine rings is 3. The van der Waals surface area contributed by atoms with Gasteiger partial charge in [-0.2, -0.15) is 17.8 Å². The molecule has 9 rings (SSSR count). The molecule has 2 aromatic carbocycles. The fourth-order valence-corrected chi connectivity index (χ4v) is 11.6. The number of aromatic nitrogens is 3. The first-order valence-corrected chi connectivity index (χ1v) is 24.0. The zero-order chi connectivity index (χ0) is 49.7. The SMILES string of the molecule is CC1(C)[C@H](C/C=C/C(=O)c2ccc(C#CC3CCN(C4CCN(C(=O)CNc5cccc6c5C(=O)N(C5CCC(=O)NC5=O)C6=O)CC4)CC3)cc2)C(C)(C)[C@H]1OC1=Nn2c(nnc2C(F)(F)F)CC1. The zero-order valence-electron chi connectivity index (χ0n) is 39.6. The molecular weight excluding hydrogens is 908 g/mol. The van der Waals surface area contributed by atoms with Crippen molar-refractivity contribution in [3.05, 3.63) is 88.5 Å². The zero-order valence-corrected chi connectivity index (χ0v) is 39.6. The minimum atomic E-state index is -4.68. The van der Waals surface area contributed by atoms with E-state index in [1.165, 1.54) is 6.07 Å². The molecule has 2 N–H and O–H groups in total. The first-order chi connectivity index (χ1) is 33.3. The smallest absolute Gasteiger partial charge is 0.453 e. The van der Waals surface area contributed by atoms with Gasteiger partial charge in [0.15, 0.2) is 11.6 Å². The van der Waals surface area contributed by atoms with Crippen LogP contribution in [0.4, 0.5) is 18.9 Å². The topological polar surface area (TPSA) is 188 Å². The quantitative estimate of drug-likeness (QED) is 0.107. The van der Waals surface area contributed by atoms with Crippen LogP contribution in [-0.4, -0.2) is 122 Å². The van der Waals surface area contributed by atoms with E-state index in [0.717, 1.165) is 53.9 Å². The lowest BCUT2D eigenvalue weighted by atomic mass is 9.45. The number of amides is 5. The van der Waals surface area contributed by atoms with Gasteiger partial charge in [-0.1, -0.05) is 51.7 Å². The molecule has 3 aromatic rings. The van der Waals surface area contributed by atoms with Crippen LogP contribution < -0.4 is 10.6 Å². The maximum absolute atomic E-state index is 13.5. The summed E-state index contributed by atoms with van der Waals surface area (Å²) in [6.07, 6.45) is 3.32. The highest BCUT2D eigenvalue weighted by Gasteiger charge is 2.63. The Kier molecular flexibility index (Phi) is 13.1. The number of ether oxygens (including phenoxy) is 1. The second-order valence-electron chi connectivity index (χ2n) is 20.2. The summed E-state index contributed by atoms with van der Waals surface area (Å²) >= 11 is 0. The fourth-order valence-electron chi connectivity index (χ4n) is 11.6. The number of rotatable bonds is 10. The molecule has 1 aromatic heterocycles. The summed E-state index contributed by atoms with van der Waals surface area (Å²) in [6.45, 7) is 11.2. The van der Waals surface area contributed by atoms with Crippen LogP contribution in [0.3, 0.4) is 0 Å². The van der Waals surface area contributed by atoms with Gasteiger partial charge >= 0.3 is 6.18 Å². The molecule has 4 fully saturated rings. The molecule has 70 heavy (non-hydrogen) atoms. The number of carbonyl (C=O) groups excluding carboxylic acids is 6.